The lowest BCUT2D eigenvalue weighted by atomic mass is 10.2. The summed E-state index contributed by atoms with van der Waals surface area (Å²) < 4.78 is 0.936. The molecule has 1 aromatic carbocycles. The lowest BCUT2D eigenvalue weighted by molar-refractivity contribution is 0.0697. The molecule has 0 unspecified atom stereocenters. The van der Waals surface area contributed by atoms with Crippen molar-refractivity contribution in [3.05, 3.63) is 40.3 Å². The highest BCUT2D eigenvalue weighted by Crippen LogP contribution is 2.39. The molecule has 0 amide bonds. The SMILES string of the molecule is O=C(O)c1ccc2nc(-c3cc4c(s3)CCSC4)sc2c1. The Morgan fingerprint density at radius 2 is 2.14 bits per heavy atom. The lowest BCUT2D eigenvalue weighted by Crippen LogP contribution is -1.96. The summed E-state index contributed by atoms with van der Waals surface area (Å²) in [6.07, 6.45) is 1.15. The Morgan fingerprint density at radius 3 is 2.95 bits per heavy atom. The van der Waals surface area contributed by atoms with Gasteiger partial charge in [-0.1, -0.05) is 0 Å². The molecule has 3 nitrogen and oxygen atoms in total. The van der Waals surface area contributed by atoms with Gasteiger partial charge in [-0.2, -0.15) is 11.8 Å². The van der Waals surface area contributed by atoms with Crippen LogP contribution in [0, 0.1) is 0 Å². The first-order chi connectivity index (χ1) is 10.2. The summed E-state index contributed by atoms with van der Waals surface area (Å²) in [6, 6.07) is 7.37. The minimum absolute atomic E-state index is 0.319. The van der Waals surface area contributed by atoms with E-state index in [-0.39, 0.29) is 0 Å². The fraction of sp³-hybridized carbons (Fsp3) is 0.200. The molecule has 1 N–H and O–H groups in total. The summed E-state index contributed by atoms with van der Waals surface area (Å²) in [7, 11) is 0. The number of nitrogens with zero attached hydrogens (tertiary/aromatic N) is 1. The van der Waals surface area contributed by atoms with E-state index in [1.165, 1.54) is 21.1 Å². The Labute approximate surface area is 133 Å². The van der Waals surface area contributed by atoms with Crippen LogP contribution in [0.25, 0.3) is 20.1 Å². The molecule has 1 aliphatic rings. The van der Waals surface area contributed by atoms with Gasteiger partial charge in [-0.05, 0) is 42.0 Å². The van der Waals surface area contributed by atoms with Crippen molar-refractivity contribution in [3.8, 4) is 9.88 Å². The molecule has 106 valence electrons. The summed E-state index contributed by atoms with van der Waals surface area (Å²) in [5.41, 5.74) is 2.64. The van der Waals surface area contributed by atoms with E-state index in [1.807, 2.05) is 23.1 Å². The van der Waals surface area contributed by atoms with Crippen molar-refractivity contribution in [1.82, 2.24) is 4.98 Å². The van der Waals surface area contributed by atoms with Crippen molar-refractivity contribution < 1.29 is 9.90 Å². The van der Waals surface area contributed by atoms with E-state index < -0.39 is 5.97 Å². The first-order valence-corrected chi connectivity index (χ1v) is 9.33. The third-order valence-corrected chi connectivity index (χ3v) is 6.91. The van der Waals surface area contributed by atoms with Gasteiger partial charge in [0.1, 0.15) is 5.01 Å². The Kier molecular flexibility index (Phi) is 3.24. The first kappa shape index (κ1) is 13.3. The topological polar surface area (TPSA) is 50.2 Å². The third kappa shape index (κ3) is 2.37. The van der Waals surface area contributed by atoms with Gasteiger partial charge in [0.15, 0.2) is 0 Å². The summed E-state index contributed by atoms with van der Waals surface area (Å²) in [6.45, 7) is 0. The molecule has 0 saturated heterocycles. The number of benzene rings is 1. The molecule has 0 saturated carbocycles. The summed E-state index contributed by atoms with van der Waals surface area (Å²) >= 11 is 5.39. The van der Waals surface area contributed by atoms with Crippen molar-refractivity contribution in [2.75, 3.05) is 5.75 Å². The molecule has 21 heavy (non-hydrogen) atoms. The molecular weight excluding hydrogens is 322 g/mol. The molecule has 1 aliphatic heterocycles. The number of thiazole rings is 1. The minimum Gasteiger partial charge on any atom is -0.478 e. The highest BCUT2D eigenvalue weighted by atomic mass is 32.2. The van der Waals surface area contributed by atoms with Crippen molar-refractivity contribution in [2.45, 2.75) is 12.2 Å². The number of rotatable bonds is 2. The molecule has 6 heteroatoms. The molecule has 2 aromatic heterocycles. The van der Waals surface area contributed by atoms with Crippen molar-refractivity contribution in [3.63, 3.8) is 0 Å². The van der Waals surface area contributed by atoms with Crippen LogP contribution < -0.4 is 0 Å². The van der Waals surface area contributed by atoms with E-state index in [0.29, 0.717) is 5.56 Å². The number of hydrogen-bond acceptors (Lipinski definition) is 5. The van der Waals surface area contributed by atoms with E-state index in [2.05, 4.69) is 11.1 Å². The highest BCUT2D eigenvalue weighted by Gasteiger charge is 2.17. The van der Waals surface area contributed by atoms with E-state index in [1.54, 1.807) is 29.5 Å². The lowest BCUT2D eigenvalue weighted by Gasteiger charge is -2.08. The smallest absolute Gasteiger partial charge is 0.335 e. The molecule has 0 aliphatic carbocycles. The number of thiophene rings is 1. The maximum Gasteiger partial charge on any atom is 0.335 e. The number of aryl methyl sites for hydroxylation is 1. The average Bonchev–Trinajstić information content (AvgIpc) is 3.09. The number of carboxylic acids is 1. The fourth-order valence-electron chi connectivity index (χ4n) is 2.42. The zero-order valence-corrected chi connectivity index (χ0v) is 13.4. The predicted molar refractivity (Wildman–Crippen MR) is 89.8 cm³/mol. The summed E-state index contributed by atoms with van der Waals surface area (Å²) in [5.74, 6) is 1.41. The van der Waals surface area contributed by atoms with Gasteiger partial charge in [0.25, 0.3) is 0 Å². The molecular formula is C15H11NO2S3. The second-order valence-electron chi connectivity index (χ2n) is 4.87. The van der Waals surface area contributed by atoms with E-state index >= 15 is 0 Å². The molecule has 0 radical (unpaired) electrons. The number of hydrogen-bond donors (Lipinski definition) is 1. The fourth-order valence-corrected chi connectivity index (χ4v) is 5.84. The molecule has 3 heterocycles. The van der Waals surface area contributed by atoms with Crippen LogP contribution >= 0.6 is 34.4 Å². The number of carboxylic acid groups (broad SMARTS) is 1. The van der Waals surface area contributed by atoms with Crippen LogP contribution in [0.15, 0.2) is 24.3 Å². The van der Waals surface area contributed by atoms with Crippen LogP contribution in [0.5, 0.6) is 0 Å². The monoisotopic (exact) mass is 333 g/mol. The van der Waals surface area contributed by atoms with Crippen molar-refractivity contribution in [2.24, 2.45) is 0 Å². The van der Waals surface area contributed by atoms with Crippen molar-refractivity contribution in [1.29, 1.82) is 0 Å². The van der Waals surface area contributed by atoms with Crippen LogP contribution in [-0.4, -0.2) is 21.8 Å². The van der Waals surface area contributed by atoms with Gasteiger partial charge < -0.3 is 5.11 Å². The van der Waals surface area contributed by atoms with Gasteiger partial charge in [0.2, 0.25) is 0 Å². The average molecular weight is 333 g/mol. The van der Waals surface area contributed by atoms with Crippen LogP contribution in [-0.2, 0) is 12.2 Å². The van der Waals surface area contributed by atoms with Gasteiger partial charge in [-0.25, -0.2) is 9.78 Å². The normalized spacial score (nSPS) is 14.3. The van der Waals surface area contributed by atoms with Crippen molar-refractivity contribution >= 4 is 50.6 Å². The van der Waals surface area contributed by atoms with E-state index in [9.17, 15) is 4.79 Å². The molecule has 0 atom stereocenters. The zero-order chi connectivity index (χ0) is 14.4. The summed E-state index contributed by atoms with van der Waals surface area (Å²) in [5, 5.41) is 10.1. The number of aromatic carboxylic acids is 1. The zero-order valence-electron chi connectivity index (χ0n) is 11.0. The Morgan fingerprint density at radius 1 is 1.24 bits per heavy atom. The Balaban J connectivity index is 1.79. The largest absolute Gasteiger partial charge is 0.478 e. The van der Waals surface area contributed by atoms with Gasteiger partial charge in [-0.3, -0.25) is 0 Å². The molecule has 4 rings (SSSR count). The first-order valence-electron chi connectivity index (χ1n) is 6.54. The Bertz CT molecular complexity index is 826. The van der Waals surface area contributed by atoms with Gasteiger partial charge >= 0.3 is 5.97 Å². The summed E-state index contributed by atoms with van der Waals surface area (Å²) in [4.78, 5) is 18.4. The van der Waals surface area contributed by atoms with Crippen LogP contribution in [0.1, 0.15) is 20.8 Å². The third-order valence-electron chi connectivity index (χ3n) is 3.47. The van der Waals surface area contributed by atoms with E-state index in [4.69, 9.17) is 5.11 Å². The minimum atomic E-state index is -0.893. The predicted octanol–water partition coefficient (Wildman–Crippen LogP) is 4.51. The van der Waals surface area contributed by atoms with Crippen LogP contribution in [0.4, 0.5) is 0 Å². The number of aromatic nitrogens is 1. The maximum atomic E-state index is 11.0. The van der Waals surface area contributed by atoms with Gasteiger partial charge in [0, 0.05) is 10.6 Å². The molecule has 0 fully saturated rings. The molecule has 0 spiro atoms. The Hall–Kier alpha value is -1.37. The number of carbonyl (C=O) groups is 1. The second kappa shape index (κ2) is 5.12. The van der Waals surface area contributed by atoms with Gasteiger partial charge in [-0.15, -0.1) is 22.7 Å². The molecule has 0 bridgehead atoms. The van der Waals surface area contributed by atoms with Gasteiger partial charge in [0.05, 0.1) is 20.7 Å². The second-order valence-corrected chi connectivity index (χ2v) is 8.14. The van der Waals surface area contributed by atoms with E-state index in [0.717, 1.165) is 27.4 Å². The maximum absolute atomic E-state index is 11.0. The van der Waals surface area contributed by atoms with Crippen LogP contribution in [0.3, 0.4) is 0 Å². The highest BCUT2D eigenvalue weighted by molar-refractivity contribution is 7.98. The number of fused-ring (bicyclic) bond motifs is 2. The van der Waals surface area contributed by atoms with Crippen LogP contribution in [0.2, 0.25) is 0 Å². The molecule has 3 aromatic rings. The standard InChI is InChI=1S/C15H11NO2S3/c17-15(18)8-1-2-10-12(5-8)21-14(16-10)13-6-9-7-19-4-3-11(9)20-13/h1-2,5-6H,3-4,7H2,(H,17,18). The quantitative estimate of drug-likeness (QED) is 0.749. The number of thioether (sulfide) groups is 1.